The molecule has 3 rings (SSSR count). The number of hydrogen-bond acceptors (Lipinski definition) is 5. The highest BCUT2D eigenvalue weighted by atomic mass is 32.2. The van der Waals surface area contributed by atoms with Gasteiger partial charge >= 0.3 is 5.97 Å². The third-order valence-corrected chi connectivity index (χ3v) is 5.71. The molecule has 0 fully saturated rings. The first-order valence-electron chi connectivity index (χ1n) is 8.68. The lowest BCUT2D eigenvalue weighted by molar-refractivity contribution is -0.143. The minimum atomic E-state index is -0.351. The summed E-state index contributed by atoms with van der Waals surface area (Å²) in [5.41, 5.74) is 1.39. The van der Waals surface area contributed by atoms with Gasteiger partial charge in [0.05, 0.1) is 16.8 Å². The summed E-state index contributed by atoms with van der Waals surface area (Å²) in [6.07, 6.45) is 0. The lowest BCUT2D eigenvalue weighted by Gasteiger charge is -2.05. The van der Waals surface area contributed by atoms with Crippen molar-refractivity contribution in [2.45, 2.75) is 25.3 Å². The number of amides is 1. The molecule has 0 aliphatic rings. The molecule has 0 saturated heterocycles. The zero-order valence-electron chi connectivity index (χ0n) is 15.2. The van der Waals surface area contributed by atoms with Crippen LogP contribution >= 0.6 is 23.1 Å². The first-order chi connectivity index (χ1) is 13.1. The van der Waals surface area contributed by atoms with Crippen LogP contribution < -0.4 is 4.80 Å². The van der Waals surface area contributed by atoms with Crippen molar-refractivity contribution in [3.8, 4) is 0 Å². The molecule has 0 bridgehead atoms. The van der Waals surface area contributed by atoms with Gasteiger partial charge in [-0.2, -0.15) is 4.99 Å². The van der Waals surface area contributed by atoms with Gasteiger partial charge in [-0.1, -0.05) is 36.5 Å². The molecule has 0 unspecified atom stereocenters. The molecule has 0 aliphatic carbocycles. The van der Waals surface area contributed by atoms with Crippen molar-refractivity contribution in [2.75, 3.05) is 12.4 Å². The molecule has 0 spiro atoms. The van der Waals surface area contributed by atoms with Gasteiger partial charge in [-0.05, 0) is 43.0 Å². The number of carbonyl (C=O) groups is 2. The number of benzene rings is 2. The first-order valence-corrected chi connectivity index (χ1v) is 10.5. The second kappa shape index (κ2) is 9.01. The van der Waals surface area contributed by atoms with Crippen molar-refractivity contribution >= 4 is 45.2 Å². The summed E-state index contributed by atoms with van der Waals surface area (Å²) in [5, 5.41) is 0. The Morgan fingerprint density at radius 3 is 2.74 bits per heavy atom. The van der Waals surface area contributed by atoms with Gasteiger partial charge < -0.3 is 9.30 Å². The van der Waals surface area contributed by atoms with Gasteiger partial charge in [0.2, 0.25) is 0 Å². The Kier molecular flexibility index (Phi) is 6.47. The summed E-state index contributed by atoms with van der Waals surface area (Å²) in [4.78, 5) is 30.6. The highest BCUT2D eigenvalue weighted by molar-refractivity contribution is 7.99. The number of rotatable bonds is 6. The van der Waals surface area contributed by atoms with E-state index in [0.717, 1.165) is 20.9 Å². The molecule has 0 saturated carbocycles. The first kappa shape index (κ1) is 19.4. The van der Waals surface area contributed by atoms with Crippen molar-refractivity contribution in [3.05, 3.63) is 58.9 Å². The monoisotopic (exact) mass is 400 g/mol. The quantitative estimate of drug-likeness (QED) is 0.461. The van der Waals surface area contributed by atoms with Gasteiger partial charge in [0.25, 0.3) is 5.91 Å². The molecule has 1 amide bonds. The van der Waals surface area contributed by atoms with Crippen molar-refractivity contribution < 1.29 is 14.3 Å². The van der Waals surface area contributed by atoms with E-state index in [9.17, 15) is 9.59 Å². The number of ether oxygens (including phenoxy) is 1. The summed E-state index contributed by atoms with van der Waals surface area (Å²) in [7, 11) is 0. The maximum atomic E-state index is 12.7. The molecular weight excluding hydrogens is 380 g/mol. The van der Waals surface area contributed by atoms with Gasteiger partial charge in [0.15, 0.2) is 4.80 Å². The fraction of sp³-hybridized carbons (Fsp3) is 0.250. The molecule has 7 heteroatoms. The Morgan fingerprint density at radius 1 is 1.15 bits per heavy atom. The van der Waals surface area contributed by atoms with E-state index >= 15 is 0 Å². The second-order valence-electron chi connectivity index (χ2n) is 5.62. The van der Waals surface area contributed by atoms with Crippen LogP contribution in [0, 0.1) is 0 Å². The average molecular weight is 401 g/mol. The molecule has 27 heavy (non-hydrogen) atoms. The van der Waals surface area contributed by atoms with Crippen LogP contribution in [0.3, 0.4) is 0 Å². The summed E-state index contributed by atoms with van der Waals surface area (Å²) in [5.74, 6) is 0.263. The predicted octanol–water partition coefficient (Wildman–Crippen LogP) is 4.12. The number of thioether (sulfide) groups is 1. The molecule has 2 aromatic carbocycles. The lowest BCUT2D eigenvalue weighted by atomic mass is 10.2. The number of fused-ring (bicyclic) bond motifs is 1. The van der Waals surface area contributed by atoms with Crippen LogP contribution in [0.25, 0.3) is 10.2 Å². The molecule has 0 radical (unpaired) electrons. The molecule has 0 aliphatic heterocycles. The lowest BCUT2D eigenvalue weighted by Crippen LogP contribution is -2.23. The van der Waals surface area contributed by atoms with Gasteiger partial charge in [-0.3, -0.25) is 9.59 Å². The number of hydrogen-bond donors (Lipinski definition) is 0. The smallest absolute Gasteiger partial charge is 0.326 e. The van der Waals surface area contributed by atoms with Gasteiger partial charge in [-0.15, -0.1) is 11.8 Å². The van der Waals surface area contributed by atoms with E-state index in [-0.39, 0.29) is 18.4 Å². The molecule has 3 aromatic rings. The van der Waals surface area contributed by atoms with Crippen LogP contribution in [0.15, 0.2) is 58.4 Å². The van der Waals surface area contributed by atoms with Crippen LogP contribution in [0.4, 0.5) is 0 Å². The third kappa shape index (κ3) is 4.67. The van der Waals surface area contributed by atoms with E-state index < -0.39 is 0 Å². The Hall–Kier alpha value is -2.38. The fourth-order valence-corrected chi connectivity index (χ4v) is 4.38. The summed E-state index contributed by atoms with van der Waals surface area (Å²) < 4.78 is 7.77. The maximum Gasteiger partial charge on any atom is 0.326 e. The van der Waals surface area contributed by atoms with Crippen molar-refractivity contribution in [3.63, 3.8) is 0 Å². The largest absolute Gasteiger partial charge is 0.465 e. The average Bonchev–Trinajstić information content (AvgIpc) is 2.99. The van der Waals surface area contributed by atoms with E-state index in [1.807, 2.05) is 42.5 Å². The van der Waals surface area contributed by atoms with Gasteiger partial charge in [0, 0.05) is 10.5 Å². The molecule has 0 atom stereocenters. The van der Waals surface area contributed by atoms with Gasteiger partial charge in [0.1, 0.15) is 6.54 Å². The maximum absolute atomic E-state index is 12.7. The second-order valence-corrected chi connectivity index (χ2v) is 7.97. The summed E-state index contributed by atoms with van der Waals surface area (Å²) in [6.45, 7) is 4.17. The number of aromatic nitrogens is 1. The van der Waals surface area contributed by atoms with E-state index in [4.69, 9.17) is 4.74 Å². The Bertz CT molecular complexity index is 1040. The minimum Gasteiger partial charge on any atom is -0.465 e. The highest BCUT2D eigenvalue weighted by Crippen LogP contribution is 2.20. The topological polar surface area (TPSA) is 60.7 Å². The molecule has 1 heterocycles. The molecule has 140 valence electrons. The number of para-hydroxylation sites is 1. The highest BCUT2D eigenvalue weighted by Gasteiger charge is 2.13. The molecule has 0 N–H and O–H groups in total. The summed E-state index contributed by atoms with van der Waals surface area (Å²) >= 11 is 3.06. The zero-order valence-corrected chi connectivity index (χ0v) is 16.8. The van der Waals surface area contributed by atoms with Crippen LogP contribution in [0.1, 0.15) is 24.2 Å². The Labute approximate surface area is 165 Å². The minimum absolute atomic E-state index is 0.0235. The summed E-state index contributed by atoms with van der Waals surface area (Å²) in [6, 6.07) is 15.1. The van der Waals surface area contributed by atoms with Crippen molar-refractivity contribution in [1.29, 1.82) is 0 Å². The van der Waals surface area contributed by atoms with Crippen molar-refractivity contribution in [2.24, 2.45) is 4.99 Å². The Balaban J connectivity index is 2.03. The number of esters is 1. The van der Waals surface area contributed by atoms with Crippen LogP contribution in [-0.4, -0.2) is 28.8 Å². The third-order valence-electron chi connectivity index (χ3n) is 3.77. The van der Waals surface area contributed by atoms with E-state index in [1.165, 1.54) is 11.3 Å². The van der Waals surface area contributed by atoms with E-state index in [0.29, 0.717) is 17.0 Å². The zero-order chi connectivity index (χ0) is 19.2. The van der Waals surface area contributed by atoms with Gasteiger partial charge in [-0.25, -0.2) is 0 Å². The number of thiazole rings is 1. The van der Waals surface area contributed by atoms with Crippen LogP contribution in [-0.2, 0) is 16.1 Å². The van der Waals surface area contributed by atoms with Crippen LogP contribution in [0.2, 0.25) is 0 Å². The normalized spacial score (nSPS) is 11.7. The van der Waals surface area contributed by atoms with Crippen molar-refractivity contribution in [1.82, 2.24) is 4.57 Å². The standard InChI is InChI=1S/C20H20N2O3S2/c1-3-25-18(23)13-22-16-10-5-6-11-17(16)27-20(22)21-19(24)14-8-7-9-15(12-14)26-4-2/h5-12H,3-4,13H2,1-2H3. The van der Waals surface area contributed by atoms with E-state index in [1.54, 1.807) is 29.3 Å². The Morgan fingerprint density at radius 2 is 1.96 bits per heavy atom. The SMILES string of the molecule is CCOC(=O)Cn1c(=NC(=O)c2cccc(SCC)c2)sc2ccccc21. The predicted molar refractivity (Wildman–Crippen MR) is 109 cm³/mol. The molecule has 1 aromatic heterocycles. The number of carbonyl (C=O) groups excluding carboxylic acids is 2. The van der Waals surface area contributed by atoms with E-state index in [2.05, 4.69) is 11.9 Å². The molecular formula is C20H20N2O3S2. The van der Waals surface area contributed by atoms with Crippen LogP contribution in [0.5, 0.6) is 0 Å². The molecule has 5 nitrogen and oxygen atoms in total. The number of nitrogens with zero attached hydrogens (tertiary/aromatic N) is 2. The fourth-order valence-electron chi connectivity index (χ4n) is 2.63.